The highest BCUT2D eigenvalue weighted by atomic mass is 32.1. The lowest BCUT2D eigenvalue weighted by Crippen LogP contribution is -2.10. The second-order valence-electron chi connectivity index (χ2n) is 14.7. The maximum Gasteiger partial charge on any atom is 0.137 e. The van der Waals surface area contributed by atoms with E-state index in [0.29, 0.717) is 0 Å². The molecule has 58 heavy (non-hydrogen) atoms. The molecular formula is C53H32N2OS2. The first kappa shape index (κ1) is 33.1. The average molecular weight is 777 g/mol. The number of aromatic nitrogens is 1. The van der Waals surface area contributed by atoms with Crippen LogP contribution in [0.25, 0.3) is 95.9 Å². The summed E-state index contributed by atoms with van der Waals surface area (Å²) in [6.07, 6.45) is 0. The van der Waals surface area contributed by atoms with Crippen molar-refractivity contribution in [2.45, 2.75) is 0 Å². The molecule has 0 aliphatic carbocycles. The fourth-order valence-corrected chi connectivity index (χ4v) is 10.8. The Hall–Kier alpha value is -7.05. The second-order valence-corrected chi connectivity index (χ2v) is 16.8. The van der Waals surface area contributed by atoms with Gasteiger partial charge in [-0.2, -0.15) is 0 Å². The number of nitrogens with zero attached hydrogens (tertiary/aromatic N) is 2. The molecule has 0 saturated carbocycles. The monoisotopic (exact) mass is 776 g/mol. The fraction of sp³-hybridized carbons (Fsp3) is 0. The molecule has 12 rings (SSSR count). The zero-order valence-electron chi connectivity index (χ0n) is 31.1. The van der Waals surface area contributed by atoms with Crippen LogP contribution < -0.4 is 4.90 Å². The van der Waals surface area contributed by atoms with E-state index in [0.717, 1.165) is 70.9 Å². The molecule has 3 heterocycles. The number of thiazole rings is 1. The van der Waals surface area contributed by atoms with E-state index >= 15 is 0 Å². The van der Waals surface area contributed by atoms with Crippen molar-refractivity contribution in [1.82, 2.24) is 4.98 Å². The Morgan fingerprint density at radius 1 is 0.431 bits per heavy atom. The van der Waals surface area contributed by atoms with Crippen LogP contribution in [0.1, 0.15) is 0 Å². The molecule has 0 fully saturated rings. The van der Waals surface area contributed by atoms with Crippen LogP contribution in [0.15, 0.2) is 199 Å². The Balaban J connectivity index is 0.954. The van der Waals surface area contributed by atoms with Crippen molar-refractivity contribution in [1.29, 1.82) is 0 Å². The number of thiophene rings is 1. The Morgan fingerprint density at radius 2 is 1.12 bits per heavy atom. The summed E-state index contributed by atoms with van der Waals surface area (Å²) >= 11 is 3.58. The summed E-state index contributed by atoms with van der Waals surface area (Å²) in [5.74, 6) is 0. The molecule has 0 aliphatic rings. The number of fused-ring (bicyclic) bond motifs is 9. The van der Waals surface area contributed by atoms with Gasteiger partial charge in [0.2, 0.25) is 0 Å². The van der Waals surface area contributed by atoms with Crippen LogP contribution in [0, 0.1) is 0 Å². The highest BCUT2D eigenvalue weighted by Gasteiger charge is 2.20. The molecule has 3 aromatic heterocycles. The number of benzene rings is 9. The lowest BCUT2D eigenvalue weighted by molar-refractivity contribution is 0.669. The van der Waals surface area contributed by atoms with Gasteiger partial charge in [-0.3, -0.25) is 0 Å². The molecule has 0 radical (unpaired) electrons. The van der Waals surface area contributed by atoms with Crippen LogP contribution in [-0.4, -0.2) is 4.98 Å². The van der Waals surface area contributed by atoms with Gasteiger partial charge in [-0.1, -0.05) is 127 Å². The summed E-state index contributed by atoms with van der Waals surface area (Å²) < 4.78 is 10.2. The molecule has 0 bridgehead atoms. The smallest absolute Gasteiger partial charge is 0.137 e. The second kappa shape index (κ2) is 13.3. The summed E-state index contributed by atoms with van der Waals surface area (Å²) in [5.41, 5.74) is 11.9. The third-order valence-corrected chi connectivity index (χ3v) is 13.6. The van der Waals surface area contributed by atoms with E-state index in [1.165, 1.54) is 42.1 Å². The molecule has 0 unspecified atom stereocenters. The van der Waals surface area contributed by atoms with Crippen LogP contribution in [0.5, 0.6) is 0 Å². The number of rotatable bonds is 6. The Labute approximate surface area is 342 Å². The van der Waals surface area contributed by atoms with Crippen LogP contribution in [0.4, 0.5) is 17.1 Å². The number of anilines is 3. The quantitative estimate of drug-likeness (QED) is 0.168. The molecule has 12 aromatic rings. The molecule has 0 atom stereocenters. The maximum absolute atomic E-state index is 6.52. The SMILES string of the molecule is c1ccc(-c2nc3ccc4oc5cc(-c6ccc(N(c7ccc(-c8cccc9ccccc89)cc7)c7cccc8sc9ccccc9c78)cc6)ccc5c4c3s2)cc1. The van der Waals surface area contributed by atoms with E-state index in [1.807, 2.05) is 17.4 Å². The van der Waals surface area contributed by atoms with Crippen molar-refractivity contribution in [3.8, 4) is 32.8 Å². The van der Waals surface area contributed by atoms with Gasteiger partial charge in [0, 0.05) is 47.9 Å². The molecule has 5 heteroatoms. The summed E-state index contributed by atoms with van der Waals surface area (Å²) in [6.45, 7) is 0. The highest BCUT2D eigenvalue weighted by Crippen LogP contribution is 2.46. The molecule has 272 valence electrons. The number of hydrogen-bond acceptors (Lipinski definition) is 5. The molecular weight excluding hydrogens is 745 g/mol. The normalized spacial score (nSPS) is 11.8. The molecule has 9 aromatic carbocycles. The zero-order valence-corrected chi connectivity index (χ0v) is 32.7. The predicted molar refractivity (Wildman–Crippen MR) is 248 cm³/mol. The molecule has 0 spiro atoms. The molecule has 0 N–H and O–H groups in total. The first-order valence-corrected chi connectivity index (χ1v) is 21.1. The number of furan rings is 1. The lowest BCUT2D eigenvalue weighted by Gasteiger charge is -2.27. The first-order valence-electron chi connectivity index (χ1n) is 19.4. The van der Waals surface area contributed by atoms with Crippen LogP contribution >= 0.6 is 22.7 Å². The lowest BCUT2D eigenvalue weighted by atomic mass is 9.98. The summed E-state index contributed by atoms with van der Waals surface area (Å²) in [4.78, 5) is 7.39. The van der Waals surface area contributed by atoms with E-state index in [1.54, 1.807) is 11.3 Å². The summed E-state index contributed by atoms with van der Waals surface area (Å²) in [7, 11) is 0. The molecule has 0 aliphatic heterocycles. The molecule has 0 amide bonds. The van der Waals surface area contributed by atoms with Crippen molar-refractivity contribution in [2.75, 3.05) is 4.90 Å². The first-order chi connectivity index (χ1) is 28.7. The number of hydrogen-bond donors (Lipinski definition) is 0. The van der Waals surface area contributed by atoms with Crippen molar-refractivity contribution in [3.63, 3.8) is 0 Å². The zero-order chi connectivity index (χ0) is 38.2. The fourth-order valence-electron chi connectivity index (χ4n) is 8.57. The third kappa shape index (κ3) is 5.36. The standard InChI is InChI=1S/C53H32N2OS2/c1-2-11-36(12-3-1)53-54-44-30-31-46-51(52(44)58-53)42-29-24-37(32-47(42)56-46)33-20-25-38(26-21-33)55(45-17-9-19-49-50(45)43-15-6-7-18-48(43)57-49)39-27-22-35(23-28-39)41-16-8-13-34-10-4-5-14-40(34)41/h1-32H. The minimum absolute atomic E-state index is 0.877. The van der Waals surface area contributed by atoms with Crippen molar-refractivity contribution >= 4 is 103 Å². The van der Waals surface area contributed by atoms with Crippen molar-refractivity contribution in [3.05, 3.63) is 194 Å². The topological polar surface area (TPSA) is 29.3 Å². The minimum atomic E-state index is 0.877. The van der Waals surface area contributed by atoms with Gasteiger partial charge in [-0.15, -0.1) is 22.7 Å². The van der Waals surface area contributed by atoms with E-state index in [9.17, 15) is 0 Å². The summed E-state index contributed by atoms with van der Waals surface area (Å²) in [5, 5.41) is 8.31. The van der Waals surface area contributed by atoms with Gasteiger partial charge in [0.25, 0.3) is 0 Å². The van der Waals surface area contributed by atoms with Gasteiger partial charge in [-0.25, -0.2) is 4.98 Å². The van der Waals surface area contributed by atoms with Gasteiger partial charge in [-0.05, 0) is 99.8 Å². The summed E-state index contributed by atoms with van der Waals surface area (Å²) in [6, 6.07) is 69.7. The van der Waals surface area contributed by atoms with E-state index in [2.05, 4.69) is 193 Å². The highest BCUT2D eigenvalue weighted by molar-refractivity contribution is 7.26. The van der Waals surface area contributed by atoms with E-state index in [4.69, 9.17) is 9.40 Å². The van der Waals surface area contributed by atoms with Gasteiger partial charge in [0.15, 0.2) is 0 Å². The van der Waals surface area contributed by atoms with Gasteiger partial charge < -0.3 is 9.32 Å². The van der Waals surface area contributed by atoms with E-state index < -0.39 is 0 Å². The van der Waals surface area contributed by atoms with Crippen molar-refractivity contribution < 1.29 is 4.42 Å². The largest absolute Gasteiger partial charge is 0.456 e. The maximum atomic E-state index is 6.52. The van der Waals surface area contributed by atoms with Gasteiger partial charge in [0.05, 0.1) is 15.9 Å². The van der Waals surface area contributed by atoms with Crippen LogP contribution in [0.2, 0.25) is 0 Å². The molecule has 0 saturated heterocycles. The average Bonchev–Trinajstić information content (AvgIpc) is 4.01. The third-order valence-electron chi connectivity index (χ3n) is 11.3. The predicted octanol–water partition coefficient (Wildman–Crippen LogP) is 16.2. The van der Waals surface area contributed by atoms with Crippen LogP contribution in [-0.2, 0) is 0 Å². The van der Waals surface area contributed by atoms with E-state index in [-0.39, 0.29) is 0 Å². The van der Waals surface area contributed by atoms with Crippen molar-refractivity contribution in [2.24, 2.45) is 0 Å². The minimum Gasteiger partial charge on any atom is -0.456 e. The molecule has 3 nitrogen and oxygen atoms in total. The van der Waals surface area contributed by atoms with Gasteiger partial charge >= 0.3 is 0 Å². The van der Waals surface area contributed by atoms with Crippen LogP contribution in [0.3, 0.4) is 0 Å². The Morgan fingerprint density at radius 3 is 1.97 bits per heavy atom. The Kier molecular flexibility index (Phi) is 7.58. The van der Waals surface area contributed by atoms with Gasteiger partial charge in [0.1, 0.15) is 16.2 Å². The Bertz CT molecular complexity index is 3500.